The van der Waals surface area contributed by atoms with Gasteiger partial charge in [-0.15, -0.1) is 0 Å². The summed E-state index contributed by atoms with van der Waals surface area (Å²) in [6.45, 7) is 2.69. The number of ether oxygens (including phenoxy) is 1. The van der Waals surface area contributed by atoms with Crippen molar-refractivity contribution in [3.63, 3.8) is 0 Å². The van der Waals surface area contributed by atoms with Gasteiger partial charge in [-0.1, -0.05) is 0 Å². The largest absolute Gasteiger partial charge is 0.481 e. The van der Waals surface area contributed by atoms with Crippen molar-refractivity contribution in [1.29, 1.82) is 5.26 Å². The van der Waals surface area contributed by atoms with E-state index in [4.69, 9.17) is 15.1 Å². The lowest BCUT2D eigenvalue weighted by atomic mass is 10.1. The van der Waals surface area contributed by atoms with E-state index in [9.17, 15) is 4.79 Å². The number of carbonyl (C=O) groups is 1. The van der Waals surface area contributed by atoms with Crippen LogP contribution >= 0.6 is 0 Å². The van der Waals surface area contributed by atoms with Crippen LogP contribution in [0.2, 0.25) is 0 Å². The lowest BCUT2D eigenvalue weighted by molar-refractivity contribution is -0.140. The smallest absolute Gasteiger partial charge is 0.305 e. The van der Waals surface area contributed by atoms with E-state index in [1.807, 2.05) is 0 Å². The molecular weight excluding hydrogens is 196 g/mol. The maximum atomic E-state index is 10.6. The van der Waals surface area contributed by atoms with Crippen molar-refractivity contribution in [3.8, 4) is 6.07 Å². The number of carboxylic acids is 1. The topological polar surface area (TPSA) is 73.6 Å². The highest BCUT2D eigenvalue weighted by atomic mass is 16.5. The Bertz CT molecular complexity index is 250. The molecule has 1 saturated heterocycles. The molecule has 1 fully saturated rings. The van der Waals surface area contributed by atoms with Gasteiger partial charge in [0.25, 0.3) is 0 Å². The average molecular weight is 212 g/mol. The number of nitrogens with zero attached hydrogens (tertiary/aromatic N) is 2. The maximum absolute atomic E-state index is 10.6. The third-order valence-corrected chi connectivity index (χ3v) is 2.49. The van der Waals surface area contributed by atoms with Crippen LogP contribution in [0, 0.1) is 11.3 Å². The lowest BCUT2D eigenvalue weighted by Gasteiger charge is -2.34. The zero-order valence-corrected chi connectivity index (χ0v) is 8.69. The fraction of sp³-hybridized carbons (Fsp3) is 0.800. The summed E-state index contributed by atoms with van der Waals surface area (Å²) in [4.78, 5) is 12.7. The molecule has 0 saturated carbocycles. The summed E-state index contributed by atoms with van der Waals surface area (Å²) >= 11 is 0. The Morgan fingerprint density at radius 3 is 3.13 bits per heavy atom. The summed E-state index contributed by atoms with van der Waals surface area (Å²) in [6, 6.07) is 2.06. The molecule has 5 nitrogen and oxygen atoms in total. The van der Waals surface area contributed by atoms with E-state index < -0.39 is 5.97 Å². The van der Waals surface area contributed by atoms with E-state index in [1.54, 1.807) is 0 Å². The van der Waals surface area contributed by atoms with E-state index in [-0.39, 0.29) is 12.5 Å². The van der Waals surface area contributed by atoms with Gasteiger partial charge in [0.15, 0.2) is 0 Å². The number of morpholine rings is 1. The highest BCUT2D eigenvalue weighted by Crippen LogP contribution is 2.11. The molecular formula is C10H16N2O3. The monoisotopic (exact) mass is 212 g/mol. The average Bonchev–Trinajstić information content (AvgIpc) is 2.20. The van der Waals surface area contributed by atoms with E-state index in [0.29, 0.717) is 19.6 Å². The first-order chi connectivity index (χ1) is 7.24. The van der Waals surface area contributed by atoms with Gasteiger partial charge in [0.2, 0.25) is 0 Å². The van der Waals surface area contributed by atoms with Crippen LogP contribution in [0.25, 0.3) is 0 Å². The molecule has 0 spiro atoms. The predicted molar refractivity (Wildman–Crippen MR) is 53.3 cm³/mol. The Labute approximate surface area is 89.2 Å². The highest BCUT2D eigenvalue weighted by molar-refractivity contribution is 5.67. The fourth-order valence-corrected chi connectivity index (χ4v) is 1.73. The molecule has 1 rings (SSSR count). The Morgan fingerprint density at radius 2 is 2.47 bits per heavy atom. The molecule has 84 valence electrons. The zero-order valence-electron chi connectivity index (χ0n) is 8.69. The Kier molecular flexibility index (Phi) is 5.08. The van der Waals surface area contributed by atoms with E-state index in [2.05, 4.69) is 11.0 Å². The van der Waals surface area contributed by atoms with Gasteiger partial charge in [0.1, 0.15) is 0 Å². The Hall–Kier alpha value is -1.12. The minimum atomic E-state index is -0.796. The predicted octanol–water partition coefficient (Wildman–Crippen LogP) is 0.466. The number of hydrogen-bond acceptors (Lipinski definition) is 4. The van der Waals surface area contributed by atoms with Gasteiger partial charge < -0.3 is 9.84 Å². The second kappa shape index (κ2) is 6.38. The molecule has 1 aliphatic heterocycles. The molecule has 1 N–H and O–H groups in total. The number of unbranched alkanes of at least 4 members (excludes halogenated alkanes) is 1. The van der Waals surface area contributed by atoms with Crippen LogP contribution in [0.4, 0.5) is 0 Å². The van der Waals surface area contributed by atoms with Gasteiger partial charge in [0, 0.05) is 19.0 Å². The number of hydrogen-bond donors (Lipinski definition) is 1. The standard InChI is InChI=1S/C10H16N2O3/c11-3-1-2-4-12-5-6-15-8-9(12)7-10(13)14/h9H,1-2,4-8H2,(H,13,14). The van der Waals surface area contributed by atoms with Crippen LogP contribution in [0.15, 0.2) is 0 Å². The van der Waals surface area contributed by atoms with Crippen LogP contribution in [-0.2, 0) is 9.53 Å². The first kappa shape index (κ1) is 12.0. The highest BCUT2D eigenvalue weighted by Gasteiger charge is 2.24. The second-order valence-corrected chi connectivity index (χ2v) is 3.62. The molecule has 0 aromatic carbocycles. The number of nitriles is 1. The Morgan fingerprint density at radius 1 is 1.67 bits per heavy atom. The SMILES string of the molecule is N#CCCCN1CCOCC1CC(=O)O. The second-order valence-electron chi connectivity index (χ2n) is 3.62. The molecule has 0 bridgehead atoms. The third kappa shape index (κ3) is 4.28. The molecule has 0 amide bonds. The van der Waals surface area contributed by atoms with E-state index in [1.165, 1.54) is 0 Å². The summed E-state index contributed by atoms with van der Waals surface area (Å²) in [5, 5.41) is 17.1. The van der Waals surface area contributed by atoms with Crippen LogP contribution in [0.5, 0.6) is 0 Å². The first-order valence-electron chi connectivity index (χ1n) is 5.14. The lowest BCUT2D eigenvalue weighted by Crippen LogP contribution is -2.46. The summed E-state index contributed by atoms with van der Waals surface area (Å²) in [6.07, 6.45) is 1.44. The van der Waals surface area contributed by atoms with Crippen molar-refractivity contribution in [3.05, 3.63) is 0 Å². The molecule has 0 aliphatic carbocycles. The molecule has 5 heteroatoms. The molecule has 1 aliphatic rings. The van der Waals surface area contributed by atoms with Gasteiger partial charge in [0.05, 0.1) is 25.7 Å². The molecule has 1 atom stereocenters. The number of rotatable bonds is 5. The maximum Gasteiger partial charge on any atom is 0.305 e. The van der Waals surface area contributed by atoms with Gasteiger partial charge in [-0.25, -0.2) is 0 Å². The number of aliphatic carboxylic acids is 1. The third-order valence-electron chi connectivity index (χ3n) is 2.49. The molecule has 0 aromatic heterocycles. The molecule has 1 heterocycles. The van der Waals surface area contributed by atoms with Gasteiger partial charge in [-0.05, 0) is 13.0 Å². The summed E-state index contributed by atoms with van der Waals surface area (Å²) in [5.41, 5.74) is 0. The minimum absolute atomic E-state index is 0.0325. The van der Waals surface area contributed by atoms with Crippen molar-refractivity contribution >= 4 is 5.97 Å². The Balaban J connectivity index is 2.36. The van der Waals surface area contributed by atoms with Crippen LogP contribution in [0.1, 0.15) is 19.3 Å². The van der Waals surface area contributed by atoms with E-state index >= 15 is 0 Å². The first-order valence-corrected chi connectivity index (χ1v) is 5.14. The van der Waals surface area contributed by atoms with Gasteiger partial charge >= 0.3 is 5.97 Å². The van der Waals surface area contributed by atoms with Crippen molar-refractivity contribution in [2.24, 2.45) is 0 Å². The van der Waals surface area contributed by atoms with Crippen LogP contribution in [0.3, 0.4) is 0 Å². The molecule has 15 heavy (non-hydrogen) atoms. The zero-order chi connectivity index (χ0) is 11.1. The van der Waals surface area contributed by atoms with Crippen LogP contribution in [-0.4, -0.2) is 48.3 Å². The number of carboxylic acid groups (broad SMARTS) is 1. The van der Waals surface area contributed by atoms with Crippen molar-refractivity contribution in [2.45, 2.75) is 25.3 Å². The summed E-state index contributed by atoms with van der Waals surface area (Å²) in [5.74, 6) is -0.796. The quantitative estimate of drug-likeness (QED) is 0.670. The van der Waals surface area contributed by atoms with Crippen molar-refractivity contribution in [2.75, 3.05) is 26.3 Å². The van der Waals surface area contributed by atoms with E-state index in [0.717, 1.165) is 19.5 Å². The van der Waals surface area contributed by atoms with Gasteiger partial charge in [-0.2, -0.15) is 5.26 Å². The summed E-state index contributed by atoms with van der Waals surface area (Å²) in [7, 11) is 0. The van der Waals surface area contributed by atoms with Gasteiger partial charge in [-0.3, -0.25) is 9.69 Å². The fourth-order valence-electron chi connectivity index (χ4n) is 1.73. The molecule has 0 aromatic rings. The molecule has 1 unspecified atom stereocenters. The molecule has 0 radical (unpaired) electrons. The van der Waals surface area contributed by atoms with Crippen LogP contribution < -0.4 is 0 Å². The minimum Gasteiger partial charge on any atom is -0.481 e. The van der Waals surface area contributed by atoms with Crippen molar-refractivity contribution < 1.29 is 14.6 Å². The van der Waals surface area contributed by atoms with Crippen molar-refractivity contribution in [1.82, 2.24) is 4.90 Å². The normalized spacial score (nSPS) is 22.2. The summed E-state index contributed by atoms with van der Waals surface area (Å²) < 4.78 is 5.25.